The van der Waals surface area contributed by atoms with Gasteiger partial charge >= 0.3 is 12.1 Å². The van der Waals surface area contributed by atoms with Crippen molar-refractivity contribution in [3.63, 3.8) is 0 Å². The summed E-state index contributed by atoms with van der Waals surface area (Å²) in [5, 5.41) is 2.81. The summed E-state index contributed by atoms with van der Waals surface area (Å²) in [4.78, 5) is 55.0. The number of carbonyl (C=O) groups is 3. The Bertz CT molecular complexity index is 1800. The van der Waals surface area contributed by atoms with E-state index in [9.17, 15) is 14.4 Å². The largest absolute Gasteiger partial charge is 0.451 e. The highest BCUT2D eigenvalue weighted by Crippen LogP contribution is 2.35. The Balaban J connectivity index is 1.29. The van der Waals surface area contributed by atoms with Gasteiger partial charge in [-0.1, -0.05) is 78.9 Å². The van der Waals surface area contributed by atoms with Crippen molar-refractivity contribution in [3.8, 4) is 0 Å². The number of esters is 1. The Morgan fingerprint density at radius 1 is 0.848 bits per heavy atom. The smallest absolute Gasteiger partial charge is 0.411 e. The van der Waals surface area contributed by atoms with Crippen LogP contribution in [0.25, 0.3) is 11.2 Å². The molecule has 3 heterocycles. The number of imidazole rings is 1. The predicted molar refractivity (Wildman–Crippen MR) is 171 cm³/mol. The van der Waals surface area contributed by atoms with E-state index in [1.54, 1.807) is 55.9 Å². The van der Waals surface area contributed by atoms with Gasteiger partial charge in [0.25, 0.3) is 5.91 Å². The van der Waals surface area contributed by atoms with E-state index < -0.39 is 35.9 Å². The standard InChI is InChI=1S/C35H34N6O5/c1-35(2,3)46-34(44)40-20-26(19-27(40)33(43)45-29(23-13-7-4-8-14-23)24-15-9-5-10-16-24)41-22-38-28-30(36-21-37-31(28)41)39-32(42)25-17-11-6-12-18-25/h4-18,21-22,26-27,29H,19-20H2,1-3H3,(H,36,37,39,42)/t26-,27-/m1/s1. The summed E-state index contributed by atoms with van der Waals surface area (Å²) >= 11 is 0. The minimum Gasteiger partial charge on any atom is -0.451 e. The van der Waals surface area contributed by atoms with Crippen LogP contribution in [0.15, 0.2) is 104 Å². The normalized spacial score (nSPS) is 16.4. The fourth-order valence-corrected chi connectivity index (χ4v) is 5.52. The number of fused-ring (bicyclic) bond motifs is 1. The van der Waals surface area contributed by atoms with Crippen LogP contribution in [-0.2, 0) is 14.3 Å². The summed E-state index contributed by atoms with van der Waals surface area (Å²) in [6, 6.07) is 26.4. The zero-order chi connectivity index (χ0) is 32.3. The first-order valence-corrected chi connectivity index (χ1v) is 15.0. The van der Waals surface area contributed by atoms with Gasteiger partial charge in [-0.25, -0.2) is 24.5 Å². The second kappa shape index (κ2) is 12.8. The number of carbonyl (C=O) groups excluding carboxylic acids is 3. The molecular formula is C35H34N6O5. The second-order valence-corrected chi connectivity index (χ2v) is 12.0. The van der Waals surface area contributed by atoms with Crippen molar-refractivity contribution in [2.24, 2.45) is 0 Å². The summed E-state index contributed by atoms with van der Waals surface area (Å²) in [6.07, 6.45) is 1.86. The van der Waals surface area contributed by atoms with Crippen LogP contribution in [-0.4, -0.2) is 60.6 Å². The summed E-state index contributed by atoms with van der Waals surface area (Å²) in [5.41, 5.74) is 2.15. The first-order valence-electron chi connectivity index (χ1n) is 15.0. The number of aromatic nitrogens is 4. The number of benzene rings is 3. The minimum absolute atomic E-state index is 0.150. The van der Waals surface area contributed by atoms with Crippen LogP contribution < -0.4 is 5.32 Å². The number of ether oxygens (including phenoxy) is 2. The first kappa shape index (κ1) is 30.4. The van der Waals surface area contributed by atoms with Crippen molar-refractivity contribution >= 4 is 35.0 Å². The lowest BCUT2D eigenvalue weighted by molar-refractivity contribution is -0.152. The maximum absolute atomic E-state index is 14.0. The molecule has 1 N–H and O–H groups in total. The highest BCUT2D eigenvalue weighted by atomic mass is 16.6. The van der Waals surface area contributed by atoms with Crippen molar-refractivity contribution in [1.82, 2.24) is 24.4 Å². The van der Waals surface area contributed by atoms with E-state index in [0.29, 0.717) is 16.7 Å². The number of hydrogen-bond donors (Lipinski definition) is 1. The van der Waals surface area contributed by atoms with Gasteiger partial charge in [0.15, 0.2) is 23.1 Å². The van der Waals surface area contributed by atoms with E-state index in [1.807, 2.05) is 66.7 Å². The molecule has 2 amide bonds. The van der Waals surface area contributed by atoms with E-state index in [-0.39, 0.29) is 24.7 Å². The molecule has 1 fully saturated rings. The molecule has 0 saturated carbocycles. The van der Waals surface area contributed by atoms with Crippen molar-refractivity contribution in [2.75, 3.05) is 11.9 Å². The lowest BCUT2D eigenvalue weighted by atomic mass is 10.0. The minimum atomic E-state index is -0.939. The van der Waals surface area contributed by atoms with Crippen molar-refractivity contribution in [1.29, 1.82) is 0 Å². The molecule has 0 radical (unpaired) electrons. The van der Waals surface area contributed by atoms with Gasteiger partial charge in [0.05, 0.1) is 12.4 Å². The first-order chi connectivity index (χ1) is 22.2. The SMILES string of the molecule is CC(C)(C)OC(=O)N1C[C@H](n2cnc3c(NC(=O)c4ccccc4)ncnc32)C[C@@H]1C(=O)OC(c1ccccc1)c1ccccc1. The maximum atomic E-state index is 14.0. The zero-order valence-corrected chi connectivity index (χ0v) is 25.7. The van der Waals surface area contributed by atoms with Crippen molar-refractivity contribution < 1.29 is 23.9 Å². The van der Waals surface area contributed by atoms with Gasteiger partial charge < -0.3 is 19.4 Å². The quantitative estimate of drug-likeness (QED) is 0.221. The summed E-state index contributed by atoms with van der Waals surface area (Å²) < 4.78 is 13.7. The molecule has 0 spiro atoms. The summed E-state index contributed by atoms with van der Waals surface area (Å²) in [5.74, 6) is -0.633. The van der Waals surface area contributed by atoms with Gasteiger partial charge in [-0.15, -0.1) is 0 Å². The van der Waals surface area contributed by atoms with E-state index in [0.717, 1.165) is 11.1 Å². The molecule has 46 heavy (non-hydrogen) atoms. The average molecular weight is 619 g/mol. The Morgan fingerprint density at radius 2 is 1.46 bits per heavy atom. The van der Waals surface area contributed by atoms with Crippen LogP contribution in [0.3, 0.4) is 0 Å². The number of amides is 2. The Kier molecular flexibility index (Phi) is 8.47. The van der Waals surface area contributed by atoms with E-state index >= 15 is 0 Å². The molecule has 6 rings (SSSR count). The highest BCUT2D eigenvalue weighted by Gasteiger charge is 2.44. The number of nitrogens with zero attached hydrogens (tertiary/aromatic N) is 5. The number of rotatable bonds is 7. The van der Waals surface area contributed by atoms with Crippen molar-refractivity contribution in [3.05, 3.63) is 120 Å². The maximum Gasteiger partial charge on any atom is 0.411 e. The molecule has 11 nitrogen and oxygen atoms in total. The molecule has 0 bridgehead atoms. The van der Waals surface area contributed by atoms with E-state index in [2.05, 4.69) is 20.3 Å². The highest BCUT2D eigenvalue weighted by molar-refractivity contribution is 6.06. The predicted octanol–water partition coefficient (Wildman–Crippen LogP) is 5.96. The fraction of sp³-hybridized carbons (Fsp3) is 0.257. The molecule has 1 saturated heterocycles. The Morgan fingerprint density at radius 3 is 2.07 bits per heavy atom. The third-order valence-corrected chi connectivity index (χ3v) is 7.64. The number of anilines is 1. The average Bonchev–Trinajstić information content (AvgIpc) is 3.70. The molecule has 0 aliphatic carbocycles. The molecule has 1 aliphatic rings. The Labute approximate surface area is 266 Å². The molecule has 5 aromatic rings. The third kappa shape index (κ3) is 6.58. The second-order valence-electron chi connectivity index (χ2n) is 12.0. The van der Waals surface area contributed by atoms with Gasteiger partial charge in [-0.2, -0.15) is 0 Å². The monoisotopic (exact) mass is 618 g/mol. The molecule has 1 aliphatic heterocycles. The molecule has 11 heteroatoms. The molecule has 3 aromatic carbocycles. The summed E-state index contributed by atoms with van der Waals surface area (Å²) in [6.45, 7) is 5.48. The van der Waals surface area contributed by atoms with Crippen LogP contribution in [0.5, 0.6) is 0 Å². The molecule has 234 valence electrons. The van der Waals surface area contributed by atoms with Crippen LogP contribution >= 0.6 is 0 Å². The van der Waals surface area contributed by atoms with Gasteiger partial charge in [0.1, 0.15) is 18.0 Å². The van der Waals surface area contributed by atoms with Crippen LogP contribution in [0, 0.1) is 0 Å². The van der Waals surface area contributed by atoms with E-state index in [1.165, 1.54) is 11.2 Å². The lowest BCUT2D eigenvalue weighted by Crippen LogP contribution is -2.44. The molecule has 0 unspecified atom stereocenters. The van der Waals surface area contributed by atoms with Gasteiger partial charge in [-0.05, 0) is 44.0 Å². The van der Waals surface area contributed by atoms with Gasteiger partial charge in [0, 0.05) is 18.5 Å². The van der Waals surface area contributed by atoms with Crippen LogP contribution in [0.4, 0.5) is 10.6 Å². The van der Waals surface area contributed by atoms with Gasteiger partial charge in [-0.3, -0.25) is 9.69 Å². The molecular weight excluding hydrogens is 584 g/mol. The Hall–Kier alpha value is -5.58. The zero-order valence-electron chi connectivity index (χ0n) is 25.7. The fourth-order valence-electron chi connectivity index (χ4n) is 5.52. The van der Waals surface area contributed by atoms with Gasteiger partial charge in [0.2, 0.25) is 0 Å². The van der Waals surface area contributed by atoms with E-state index in [4.69, 9.17) is 9.47 Å². The molecule has 2 aromatic heterocycles. The number of nitrogens with one attached hydrogen (secondary N) is 1. The topological polar surface area (TPSA) is 129 Å². The lowest BCUT2D eigenvalue weighted by Gasteiger charge is -2.28. The van der Waals surface area contributed by atoms with Crippen LogP contribution in [0.2, 0.25) is 0 Å². The number of hydrogen-bond acceptors (Lipinski definition) is 8. The summed E-state index contributed by atoms with van der Waals surface area (Å²) in [7, 11) is 0. The van der Waals surface area contributed by atoms with Crippen molar-refractivity contribution in [2.45, 2.75) is 51.0 Å². The molecule has 2 atom stereocenters. The number of likely N-dealkylation sites (tertiary alicyclic amines) is 1. The third-order valence-electron chi connectivity index (χ3n) is 7.64. The van der Waals surface area contributed by atoms with Crippen LogP contribution in [0.1, 0.15) is 60.8 Å².